The molecule has 0 unspecified atom stereocenters. The van der Waals surface area contributed by atoms with Gasteiger partial charge in [0.25, 0.3) is 0 Å². The SMILES string of the molecule is C[C@]12CC[C@](C)(C/C(=C\c3ncc(-c4ccc(-n5ccnc5)cc4O)nn3)C1)C2. The van der Waals surface area contributed by atoms with E-state index >= 15 is 0 Å². The van der Waals surface area contributed by atoms with E-state index in [-0.39, 0.29) is 5.75 Å². The van der Waals surface area contributed by atoms with Crippen LogP contribution in [0.4, 0.5) is 0 Å². The summed E-state index contributed by atoms with van der Waals surface area (Å²) in [6.45, 7) is 4.81. The van der Waals surface area contributed by atoms with E-state index in [1.807, 2.05) is 22.9 Å². The molecule has 6 nitrogen and oxygen atoms in total. The summed E-state index contributed by atoms with van der Waals surface area (Å²) < 4.78 is 1.83. The average Bonchev–Trinajstić information content (AvgIpc) is 3.28. The molecule has 0 amide bonds. The summed E-state index contributed by atoms with van der Waals surface area (Å²) in [5.41, 5.74) is 4.29. The van der Waals surface area contributed by atoms with Crippen molar-refractivity contribution in [3.63, 3.8) is 0 Å². The van der Waals surface area contributed by atoms with Crippen molar-refractivity contribution in [2.24, 2.45) is 10.8 Å². The second kappa shape index (κ2) is 6.51. The molecule has 0 spiro atoms. The molecular weight excluding hydrogens is 362 g/mol. The Hall–Kier alpha value is -3.02. The monoisotopic (exact) mass is 387 g/mol. The van der Waals surface area contributed by atoms with E-state index in [4.69, 9.17) is 0 Å². The predicted octanol–water partition coefficient (Wildman–Crippen LogP) is 4.80. The molecule has 2 fully saturated rings. The van der Waals surface area contributed by atoms with Gasteiger partial charge in [-0.3, -0.25) is 0 Å². The van der Waals surface area contributed by atoms with E-state index in [1.165, 1.54) is 24.8 Å². The van der Waals surface area contributed by atoms with E-state index in [0.29, 0.717) is 27.9 Å². The molecule has 0 aliphatic heterocycles. The first-order valence-corrected chi connectivity index (χ1v) is 10.1. The molecule has 3 aromatic rings. The van der Waals surface area contributed by atoms with Crippen LogP contribution in [0.25, 0.3) is 23.0 Å². The zero-order valence-electron chi connectivity index (χ0n) is 16.8. The number of imidazole rings is 1. The Morgan fingerprint density at radius 2 is 1.90 bits per heavy atom. The van der Waals surface area contributed by atoms with Gasteiger partial charge in [0.15, 0.2) is 5.82 Å². The van der Waals surface area contributed by atoms with Gasteiger partial charge < -0.3 is 9.67 Å². The Kier molecular flexibility index (Phi) is 4.05. The van der Waals surface area contributed by atoms with Crippen LogP contribution >= 0.6 is 0 Å². The first-order valence-electron chi connectivity index (χ1n) is 10.1. The van der Waals surface area contributed by atoms with Gasteiger partial charge in [0, 0.05) is 24.0 Å². The molecule has 2 aliphatic rings. The van der Waals surface area contributed by atoms with Crippen LogP contribution in [0.1, 0.15) is 51.8 Å². The van der Waals surface area contributed by atoms with Crippen LogP contribution in [0, 0.1) is 10.8 Å². The van der Waals surface area contributed by atoms with Gasteiger partial charge >= 0.3 is 0 Å². The van der Waals surface area contributed by atoms with Gasteiger partial charge in [0.2, 0.25) is 0 Å². The first kappa shape index (κ1) is 18.0. The Bertz CT molecular complexity index is 1050. The maximum Gasteiger partial charge on any atom is 0.174 e. The summed E-state index contributed by atoms with van der Waals surface area (Å²) in [6, 6.07) is 5.43. The molecule has 2 atom stereocenters. The number of allylic oxidation sites excluding steroid dienone is 1. The first-order chi connectivity index (χ1) is 13.9. The molecule has 0 radical (unpaired) electrons. The Morgan fingerprint density at radius 3 is 2.52 bits per heavy atom. The lowest BCUT2D eigenvalue weighted by atomic mass is 9.68. The maximum atomic E-state index is 10.5. The lowest BCUT2D eigenvalue weighted by molar-refractivity contribution is 0.216. The number of hydrogen-bond acceptors (Lipinski definition) is 5. The predicted molar refractivity (Wildman–Crippen MR) is 111 cm³/mol. The summed E-state index contributed by atoms with van der Waals surface area (Å²) in [4.78, 5) is 8.53. The largest absolute Gasteiger partial charge is 0.507 e. The molecule has 1 aromatic carbocycles. The fourth-order valence-corrected chi connectivity index (χ4v) is 5.34. The molecule has 2 bridgehead atoms. The van der Waals surface area contributed by atoms with Crippen molar-refractivity contribution in [2.75, 3.05) is 0 Å². The van der Waals surface area contributed by atoms with Crippen LogP contribution < -0.4 is 0 Å². The number of phenols is 1. The average molecular weight is 387 g/mol. The van der Waals surface area contributed by atoms with Crippen molar-refractivity contribution in [2.45, 2.75) is 46.0 Å². The number of hydrogen-bond donors (Lipinski definition) is 1. The minimum Gasteiger partial charge on any atom is -0.507 e. The summed E-state index contributed by atoms with van der Waals surface area (Å²) in [5, 5.41) is 19.1. The highest BCUT2D eigenvalue weighted by Gasteiger charge is 2.47. The van der Waals surface area contributed by atoms with Gasteiger partial charge in [0.1, 0.15) is 11.4 Å². The highest BCUT2D eigenvalue weighted by molar-refractivity contribution is 5.68. The van der Waals surface area contributed by atoms with Crippen molar-refractivity contribution in [1.29, 1.82) is 0 Å². The topological polar surface area (TPSA) is 76.7 Å². The van der Waals surface area contributed by atoms with Gasteiger partial charge in [-0.2, -0.15) is 0 Å². The number of fused-ring (bicyclic) bond motifs is 2. The highest BCUT2D eigenvalue weighted by Crippen LogP contribution is 2.59. The molecule has 2 aromatic heterocycles. The maximum absolute atomic E-state index is 10.5. The molecule has 2 saturated carbocycles. The molecule has 6 heteroatoms. The van der Waals surface area contributed by atoms with Crippen molar-refractivity contribution in [1.82, 2.24) is 24.7 Å². The Morgan fingerprint density at radius 1 is 1.10 bits per heavy atom. The normalized spacial score (nSPS) is 27.4. The number of benzene rings is 1. The summed E-state index contributed by atoms with van der Waals surface area (Å²) >= 11 is 0. The van der Waals surface area contributed by atoms with Crippen LogP contribution in [-0.2, 0) is 0 Å². The molecule has 5 rings (SSSR count). The fourth-order valence-electron chi connectivity index (χ4n) is 5.34. The standard InChI is InChI=1S/C23H25N5O/c1-22-5-6-23(2,14-22)12-16(11-22)9-21-25-13-19(26-27-21)18-4-3-17(10-20(18)29)28-8-7-24-15-28/h3-4,7-10,13,15,29H,5-6,11-12,14H2,1-2H3/b16-9-/t22-,23+/m0/s1. The van der Waals surface area contributed by atoms with Crippen LogP contribution in [0.3, 0.4) is 0 Å². The van der Waals surface area contributed by atoms with Gasteiger partial charge in [-0.15, -0.1) is 10.2 Å². The smallest absolute Gasteiger partial charge is 0.174 e. The third-order valence-corrected chi connectivity index (χ3v) is 6.47. The van der Waals surface area contributed by atoms with Crippen molar-refractivity contribution in [3.8, 4) is 22.7 Å². The molecule has 29 heavy (non-hydrogen) atoms. The third-order valence-electron chi connectivity index (χ3n) is 6.47. The van der Waals surface area contributed by atoms with Crippen molar-refractivity contribution in [3.05, 3.63) is 54.5 Å². The molecular formula is C23H25N5O. The van der Waals surface area contributed by atoms with Gasteiger partial charge in [-0.1, -0.05) is 19.4 Å². The quantitative estimate of drug-likeness (QED) is 0.698. The number of phenolic OH excluding ortho intramolecular Hbond substituents is 1. The van der Waals surface area contributed by atoms with Crippen LogP contribution in [0.2, 0.25) is 0 Å². The lowest BCUT2D eigenvalue weighted by Gasteiger charge is -2.36. The highest BCUT2D eigenvalue weighted by atomic mass is 16.3. The summed E-state index contributed by atoms with van der Waals surface area (Å²) in [5.74, 6) is 0.787. The second-order valence-corrected chi connectivity index (χ2v) is 9.33. The Balaban J connectivity index is 1.38. The van der Waals surface area contributed by atoms with E-state index in [0.717, 1.165) is 18.5 Å². The van der Waals surface area contributed by atoms with Crippen LogP contribution in [0.5, 0.6) is 5.75 Å². The van der Waals surface area contributed by atoms with Crippen molar-refractivity contribution >= 4 is 6.08 Å². The zero-order valence-corrected chi connectivity index (χ0v) is 16.8. The minimum atomic E-state index is 0.142. The van der Waals surface area contributed by atoms with Gasteiger partial charge in [-0.05, 0) is 61.1 Å². The van der Waals surface area contributed by atoms with Gasteiger partial charge in [0.05, 0.1) is 18.2 Å². The van der Waals surface area contributed by atoms with Crippen molar-refractivity contribution < 1.29 is 5.11 Å². The summed E-state index contributed by atoms with van der Waals surface area (Å²) in [7, 11) is 0. The lowest BCUT2D eigenvalue weighted by Crippen LogP contribution is -2.24. The second-order valence-electron chi connectivity index (χ2n) is 9.33. The minimum absolute atomic E-state index is 0.142. The molecule has 148 valence electrons. The Labute approximate surface area is 170 Å². The van der Waals surface area contributed by atoms with Gasteiger partial charge in [-0.25, -0.2) is 9.97 Å². The zero-order chi connectivity index (χ0) is 20.1. The van der Waals surface area contributed by atoms with Crippen LogP contribution in [-0.4, -0.2) is 29.8 Å². The van der Waals surface area contributed by atoms with E-state index in [2.05, 4.69) is 40.1 Å². The third kappa shape index (κ3) is 3.43. The number of aromatic hydroxyl groups is 1. The molecule has 1 N–H and O–H groups in total. The molecule has 2 heterocycles. The van der Waals surface area contributed by atoms with Crippen LogP contribution in [0.15, 0.2) is 48.7 Å². The fraction of sp³-hybridized carbons (Fsp3) is 0.391. The van der Waals surface area contributed by atoms with E-state index in [9.17, 15) is 5.11 Å². The number of nitrogens with zero attached hydrogens (tertiary/aromatic N) is 5. The number of aromatic nitrogens is 5. The molecule has 0 saturated heterocycles. The summed E-state index contributed by atoms with van der Waals surface area (Å²) in [6.07, 6.45) is 15.2. The number of rotatable bonds is 3. The molecule has 2 aliphatic carbocycles. The van der Waals surface area contributed by atoms with E-state index in [1.54, 1.807) is 24.8 Å². The van der Waals surface area contributed by atoms with E-state index < -0.39 is 0 Å².